The maximum atomic E-state index is 10.6. The van der Waals surface area contributed by atoms with Crippen molar-refractivity contribution in [1.29, 1.82) is 0 Å². The van der Waals surface area contributed by atoms with Gasteiger partial charge in [0.05, 0.1) is 132 Å². The molecule has 12 heteroatoms. The largest absolute Gasteiger partial charge is 0.491 e. The zero-order valence-corrected chi connectivity index (χ0v) is 27.0. The molecule has 0 aliphatic rings. The zero-order chi connectivity index (χ0) is 32.4. The second kappa shape index (κ2) is 31.1. The van der Waals surface area contributed by atoms with Crippen molar-refractivity contribution in [2.24, 2.45) is 0 Å². The van der Waals surface area contributed by atoms with Crippen LogP contribution in [-0.2, 0) is 54.0 Å². The summed E-state index contributed by atoms with van der Waals surface area (Å²) in [5.41, 5.74) is 1.78. The average Bonchev–Trinajstić information content (AvgIpc) is 3.09. The second-order valence-corrected chi connectivity index (χ2v) is 9.58. The summed E-state index contributed by atoms with van der Waals surface area (Å²) in [7, 11) is 0. The molecule has 0 saturated heterocycles. The van der Waals surface area contributed by atoms with E-state index >= 15 is 0 Å². The number of aldehydes is 1. The van der Waals surface area contributed by atoms with Crippen molar-refractivity contribution in [3.8, 4) is 5.75 Å². The Kier molecular flexibility index (Phi) is 26.9. The molecule has 0 aromatic heterocycles. The first-order valence-electron chi connectivity index (χ1n) is 15.9. The summed E-state index contributed by atoms with van der Waals surface area (Å²) in [6.45, 7) is 10.7. The molecule has 0 N–H and O–H groups in total. The minimum atomic E-state index is 0.431. The summed E-state index contributed by atoms with van der Waals surface area (Å²) < 4.78 is 60.4. The Morgan fingerprint density at radius 2 is 0.696 bits per heavy atom. The Labute approximate surface area is 273 Å². The normalized spacial score (nSPS) is 11.2. The van der Waals surface area contributed by atoms with Crippen LogP contribution in [-0.4, -0.2) is 138 Å². The lowest BCUT2D eigenvalue weighted by Crippen LogP contribution is -2.15. The van der Waals surface area contributed by atoms with Gasteiger partial charge in [-0.3, -0.25) is 4.79 Å². The summed E-state index contributed by atoms with van der Waals surface area (Å²) >= 11 is 0. The fraction of sp³-hybridized carbons (Fsp3) is 0.618. The van der Waals surface area contributed by atoms with Gasteiger partial charge in [-0.2, -0.15) is 0 Å². The van der Waals surface area contributed by atoms with Crippen LogP contribution in [0.4, 0.5) is 0 Å². The van der Waals surface area contributed by atoms with E-state index in [1.807, 2.05) is 30.3 Å². The minimum Gasteiger partial charge on any atom is -0.491 e. The molecule has 0 aliphatic heterocycles. The van der Waals surface area contributed by atoms with Crippen molar-refractivity contribution in [2.45, 2.75) is 6.61 Å². The Balaban J connectivity index is 1.15. The molecule has 2 aromatic rings. The minimum absolute atomic E-state index is 0.431. The van der Waals surface area contributed by atoms with Crippen LogP contribution >= 0.6 is 0 Å². The summed E-state index contributed by atoms with van der Waals surface area (Å²) in [6.07, 6.45) is 0.799. The number of carbonyl (C=O) groups excluding carboxylic acids is 1. The van der Waals surface area contributed by atoms with Gasteiger partial charge in [0.1, 0.15) is 18.6 Å². The molecule has 2 rings (SSSR count). The standard InChI is InChI=1S/C34H52O12/c35-30-32-6-8-34(9-7-32)46-29-28-44-25-24-42-21-20-40-17-16-38-13-12-36-10-11-37-14-15-39-18-19-41-22-23-43-26-27-45-31-33-4-2-1-3-5-33/h1-9,30H,10-29,31H2. The molecule has 0 spiro atoms. The molecule has 0 fully saturated rings. The summed E-state index contributed by atoms with van der Waals surface area (Å²) in [5.74, 6) is 0.705. The molecule has 0 amide bonds. The van der Waals surface area contributed by atoms with Gasteiger partial charge in [0.25, 0.3) is 0 Å². The molecule has 0 unspecified atom stereocenters. The van der Waals surface area contributed by atoms with Gasteiger partial charge >= 0.3 is 0 Å². The van der Waals surface area contributed by atoms with Gasteiger partial charge in [-0.05, 0) is 29.8 Å². The number of hydrogen-bond acceptors (Lipinski definition) is 12. The number of ether oxygens (including phenoxy) is 11. The molecule has 0 radical (unpaired) electrons. The quantitative estimate of drug-likeness (QED) is 0.0816. The van der Waals surface area contributed by atoms with E-state index in [4.69, 9.17) is 52.1 Å². The number of rotatable bonds is 34. The van der Waals surface area contributed by atoms with E-state index in [2.05, 4.69) is 0 Å². The maximum Gasteiger partial charge on any atom is 0.150 e. The van der Waals surface area contributed by atoms with Crippen molar-refractivity contribution < 1.29 is 56.9 Å². The van der Waals surface area contributed by atoms with Gasteiger partial charge in [0.15, 0.2) is 0 Å². The van der Waals surface area contributed by atoms with Crippen LogP contribution in [0.15, 0.2) is 54.6 Å². The molecule has 46 heavy (non-hydrogen) atoms. The molecule has 260 valence electrons. The van der Waals surface area contributed by atoms with E-state index in [-0.39, 0.29) is 0 Å². The SMILES string of the molecule is O=Cc1ccc(OCCOCCOCCOCCOCCOCCOCCOCCOCCOCCOCc2ccccc2)cc1. The highest BCUT2D eigenvalue weighted by Gasteiger charge is 1.98. The lowest BCUT2D eigenvalue weighted by molar-refractivity contribution is -0.0269. The van der Waals surface area contributed by atoms with Crippen LogP contribution in [0.3, 0.4) is 0 Å². The predicted octanol–water partition coefficient (Wildman–Crippen LogP) is 3.24. The number of benzene rings is 2. The van der Waals surface area contributed by atoms with Gasteiger partial charge in [-0.25, -0.2) is 0 Å². The van der Waals surface area contributed by atoms with Crippen molar-refractivity contribution >= 4 is 6.29 Å². The summed E-state index contributed by atoms with van der Waals surface area (Å²) in [4.78, 5) is 10.6. The third-order valence-corrected chi connectivity index (χ3v) is 5.97. The Hall–Kier alpha value is -2.49. The van der Waals surface area contributed by atoms with E-state index in [1.165, 1.54) is 0 Å². The van der Waals surface area contributed by atoms with Crippen molar-refractivity contribution in [1.82, 2.24) is 0 Å². The van der Waals surface area contributed by atoms with Crippen LogP contribution in [0, 0.1) is 0 Å². The number of carbonyl (C=O) groups is 1. The highest BCUT2D eigenvalue weighted by Crippen LogP contribution is 2.10. The molecule has 0 heterocycles. The molecule has 0 bridgehead atoms. The zero-order valence-electron chi connectivity index (χ0n) is 27.0. The van der Waals surface area contributed by atoms with Gasteiger partial charge in [0, 0.05) is 5.56 Å². The topological polar surface area (TPSA) is 119 Å². The van der Waals surface area contributed by atoms with Crippen LogP contribution < -0.4 is 4.74 Å². The van der Waals surface area contributed by atoms with Gasteiger partial charge in [0.2, 0.25) is 0 Å². The van der Waals surface area contributed by atoms with Crippen LogP contribution in [0.2, 0.25) is 0 Å². The fourth-order valence-electron chi connectivity index (χ4n) is 3.60. The van der Waals surface area contributed by atoms with Gasteiger partial charge < -0.3 is 52.1 Å². The van der Waals surface area contributed by atoms with Crippen LogP contribution in [0.5, 0.6) is 5.75 Å². The molecule has 0 aliphatic carbocycles. The highest BCUT2D eigenvalue weighted by atomic mass is 16.6. The maximum absolute atomic E-state index is 10.6. The number of hydrogen-bond donors (Lipinski definition) is 0. The summed E-state index contributed by atoms with van der Waals surface area (Å²) in [6, 6.07) is 17.0. The Morgan fingerprint density at radius 3 is 1.04 bits per heavy atom. The highest BCUT2D eigenvalue weighted by molar-refractivity contribution is 5.74. The van der Waals surface area contributed by atoms with Gasteiger partial charge in [-0.1, -0.05) is 30.3 Å². The van der Waals surface area contributed by atoms with Crippen molar-refractivity contribution in [3.05, 3.63) is 65.7 Å². The third-order valence-electron chi connectivity index (χ3n) is 5.97. The summed E-state index contributed by atoms with van der Waals surface area (Å²) in [5, 5.41) is 0. The van der Waals surface area contributed by atoms with E-state index in [9.17, 15) is 4.79 Å². The van der Waals surface area contributed by atoms with Crippen LogP contribution in [0.25, 0.3) is 0 Å². The van der Waals surface area contributed by atoms with E-state index < -0.39 is 0 Å². The third kappa shape index (κ3) is 24.7. The predicted molar refractivity (Wildman–Crippen MR) is 171 cm³/mol. The lowest BCUT2D eigenvalue weighted by atomic mass is 10.2. The average molecular weight is 653 g/mol. The Morgan fingerprint density at radius 1 is 0.370 bits per heavy atom. The Bertz CT molecular complexity index is 916. The van der Waals surface area contributed by atoms with E-state index in [1.54, 1.807) is 24.3 Å². The first-order chi connectivity index (χ1) is 22.9. The second-order valence-electron chi connectivity index (χ2n) is 9.58. The van der Waals surface area contributed by atoms with Crippen LogP contribution in [0.1, 0.15) is 15.9 Å². The monoisotopic (exact) mass is 652 g/mol. The lowest BCUT2D eigenvalue weighted by Gasteiger charge is -2.09. The molecule has 0 saturated carbocycles. The fourth-order valence-corrected chi connectivity index (χ4v) is 3.60. The van der Waals surface area contributed by atoms with E-state index in [0.29, 0.717) is 150 Å². The van der Waals surface area contributed by atoms with Crippen molar-refractivity contribution in [3.63, 3.8) is 0 Å². The molecule has 2 aromatic carbocycles. The van der Waals surface area contributed by atoms with E-state index in [0.717, 1.165) is 11.8 Å². The smallest absolute Gasteiger partial charge is 0.150 e. The van der Waals surface area contributed by atoms with Gasteiger partial charge in [-0.15, -0.1) is 0 Å². The molecular weight excluding hydrogens is 600 g/mol. The molecular formula is C34H52O12. The van der Waals surface area contributed by atoms with Crippen molar-refractivity contribution in [2.75, 3.05) is 132 Å². The first-order valence-corrected chi connectivity index (χ1v) is 15.9. The molecule has 12 nitrogen and oxygen atoms in total. The first kappa shape index (κ1) is 39.7. The molecule has 0 atom stereocenters.